The van der Waals surface area contributed by atoms with Crippen molar-refractivity contribution in [3.8, 4) is 0 Å². The van der Waals surface area contributed by atoms with Gasteiger partial charge in [0.05, 0.1) is 6.61 Å². The van der Waals surface area contributed by atoms with Crippen molar-refractivity contribution in [2.45, 2.75) is 40.2 Å². The molecule has 1 aromatic heterocycles. The molecule has 2 N–H and O–H groups in total. The number of halogens is 1. The van der Waals surface area contributed by atoms with Crippen LogP contribution < -0.4 is 16.2 Å². The van der Waals surface area contributed by atoms with E-state index in [2.05, 4.69) is 15.6 Å². The highest BCUT2D eigenvalue weighted by Gasteiger charge is 1.99. The lowest BCUT2D eigenvalue weighted by atomic mass is 10.3. The zero-order chi connectivity index (χ0) is 16.9. The van der Waals surface area contributed by atoms with Crippen LogP contribution in [0.2, 0.25) is 0 Å². The van der Waals surface area contributed by atoms with E-state index in [4.69, 9.17) is 4.74 Å². The van der Waals surface area contributed by atoms with Gasteiger partial charge in [-0.25, -0.2) is 0 Å². The summed E-state index contributed by atoms with van der Waals surface area (Å²) in [6.07, 6.45) is 1.88. The molecule has 138 valence electrons. The van der Waals surface area contributed by atoms with E-state index in [9.17, 15) is 4.79 Å². The maximum absolute atomic E-state index is 11.8. The van der Waals surface area contributed by atoms with Crippen LogP contribution in [0, 0.1) is 6.92 Å². The lowest BCUT2D eigenvalue weighted by Crippen LogP contribution is -2.39. The Morgan fingerprint density at radius 2 is 2.04 bits per heavy atom. The molecule has 6 nitrogen and oxygen atoms in total. The first-order valence-corrected chi connectivity index (χ1v) is 8.45. The first-order chi connectivity index (χ1) is 11.2. The SMILES string of the molecule is CCNC(=NCCCCn1c(C)cccc1=O)NCCOCC.I. The summed E-state index contributed by atoms with van der Waals surface area (Å²) in [5, 5.41) is 6.46. The number of nitrogens with one attached hydrogen (secondary N) is 2. The predicted molar refractivity (Wildman–Crippen MR) is 111 cm³/mol. The molecule has 0 aliphatic rings. The van der Waals surface area contributed by atoms with E-state index in [1.54, 1.807) is 12.1 Å². The van der Waals surface area contributed by atoms with E-state index >= 15 is 0 Å². The second-order valence-electron chi connectivity index (χ2n) is 5.25. The van der Waals surface area contributed by atoms with Gasteiger partial charge in [0, 0.05) is 44.5 Å². The van der Waals surface area contributed by atoms with Gasteiger partial charge in [0.1, 0.15) is 0 Å². The quantitative estimate of drug-likeness (QED) is 0.248. The summed E-state index contributed by atoms with van der Waals surface area (Å²) < 4.78 is 7.11. The molecule has 0 bridgehead atoms. The molecule has 24 heavy (non-hydrogen) atoms. The summed E-state index contributed by atoms with van der Waals surface area (Å²) in [6.45, 7) is 10.5. The van der Waals surface area contributed by atoms with Gasteiger partial charge in [0.25, 0.3) is 5.56 Å². The molecule has 0 fully saturated rings. The molecule has 0 unspecified atom stereocenters. The number of guanidine groups is 1. The molecule has 0 aliphatic heterocycles. The van der Waals surface area contributed by atoms with E-state index in [1.807, 2.05) is 31.4 Å². The van der Waals surface area contributed by atoms with Crippen molar-refractivity contribution < 1.29 is 4.74 Å². The van der Waals surface area contributed by atoms with Gasteiger partial charge in [-0.1, -0.05) is 6.07 Å². The number of aliphatic imine (C=N–C) groups is 1. The molecular weight excluding hydrogens is 419 g/mol. The normalized spacial score (nSPS) is 11.0. The van der Waals surface area contributed by atoms with Gasteiger partial charge in [-0.2, -0.15) is 0 Å². The maximum atomic E-state index is 11.8. The van der Waals surface area contributed by atoms with Crippen LogP contribution in [-0.4, -0.2) is 43.4 Å². The summed E-state index contributed by atoms with van der Waals surface area (Å²) in [5.74, 6) is 0.820. The molecular formula is C17H31IN4O2. The first-order valence-electron chi connectivity index (χ1n) is 8.45. The number of pyridine rings is 1. The second-order valence-corrected chi connectivity index (χ2v) is 5.25. The van der Waals surface area contributed by atoms with Crippen LogP contribution in [0.3, 0.4) is 0 Å². The number of aryl methyl sites for hydroxylation is 1. The van der Waals surface area contributed by atoms with Crippen molar-refractivity contribution in [1.82, 2.24) is 15.2 Å². The lowest BCUT2D eigenvalue weighted by molar-refractivity contribution is 0.152. The van der Waals surface area contributed by atoms with Gasteiger partial charge in [-0.15, -0.1) is 24.0 Å². The number of aromatic nitrogens is 1. The fourth-order valence-electron chi connectivity index (χ4n) is 2.21. The van der Waals surface area contributed by atoms with Crippen LogP contribution in [0.15, 0.2) is 28.0 Å². The molecule has 0 aromatic carbocycles. The molecule has 1 aromatic rings. The third-order valence-corrected chi connectivity index (χ3v) is 3.41. The summed E-state index contributed by atoms with van der Waals surface area (Å²) in [5.41, 5.74) is 1.08. The summed E-state index contributed by atoms with van der Waals surface area (Å²) in [7, 11) is 0. The van der Waals surface area contributed by atoms with Gasteiger partial charge in [-0.3, -0.25) is 9.79 Å². The number of ether oxygens (including phenoxy) is 1. The van der Waals surface area contributed by atoms with Gasteiger partial charge in [-0.05, 0) is 39.7 Å². The van der Waals surface area contributed by atoms with Crippen molar-refractivity contribution in [3.05, 3.63) is 34.2 Å². The van der Waals surface area contributed by atoms with E-state index in [1.165, 1.54) is 0 Å². The minimum Gasteiger partial charge on any atom is -0.380 e. The fraction of sp³-hybridized carbons (Fsp3) is 0.647. The molecule has 0 radical (unpaired) electrons. The van der Waals surface area contributed by atoms with E-state index in [0.29, 0.717) is 6.61 Å². The average molecular weight is 450 g/mol. The minimum absolute atomic E-state index is 0. The lowest BCUT2D eigenvalue weighted by Gasteiger charge is -2.11. The fourth-order valence-corrected chi connectivity index (χ4v) is 2.21. The molecule has 7 heteroatoms. The zero-order valence-corrected chi connectivity index (χ0v) is 17.3. The van der Waals surface area contributed by atoms with Gasteiger partial charge in [0.2, 0.25) is 0 Å². The third kappa shape index (κ3) is 9.27. The Kier molecular flexibility index (Phi) is 13.6. The number of hydrogen-bond donors (Lipinski definition) is 2. The second kappa shape index (κ2) is 14.3. The van der Waals surface area contributed by atoms with Crippen molar-refractivity contribution in [2.24, 2.45) is 4.99 Å². The molecule has 0 aliphatic carbocycles. The molecule has 0 saturated carbocycles. The smallest absolute Gasteiger partial charge is 0.250 e. The number of nitrogens with zero attached hydrogens (tertiary/aromatic N) is 2. The molecule has 0 spiro atoms. The van der Waals surface area contributed by atoms with Gasteiger partial charge >= 0.3 is 0 Å². The Morgan fingerprint density at radius 1 is 1.25 bits per heavy atom. The third-order valence-electron chi connectivity index (χ3n) is 3.41. The van der Waals surface area contributed by atoms with E-state index in [0.717, 1.165) is 57.3 Å². The standard InChI is InChI=1S/C17H30N4O2.HI/c1-4-18-17(20-12-14-23-5-2)19-11-6-7-13-21-15(3)9-8-10-16(21)22;/h8-10H,4-7,11-14H2,1-3H3,(H2,18,19,20);1H. The largest absolute Gasteiger partial charge is 0.380 e. The molecule has 0 atom stereocenters. The summed E-state index contributed by atoms with van der Waals surface area (Å²) >= 11 is 0. The summed E-state index contributed by atoms with van der Waals surface area (Å²) in [4.78, 5) is 16.3. The zero-order valence-electron chi connectivity index (χ0n) is 15.0. The maximum Gasteiger partial charge on any atom is 0.250 e. The van der Waals surface area contributed by atoms with E-state index in [-0.39, 0.29) is 29.5 Å². The van der Waals surface area contributed by atoms with Crippen LogP contribution in [0.5, 0.6) is 0 Å². The number of unbranched alkanes of at least 4 members (excludes halogenated alkanes) is 1. The molecule has 0 amide bonds. The van der Waals surface area contributed by atoms with Gasteiger partial charge in [0.15, 0.2) is 5.96 Å². The van der Waals surface area contributed by atoms with Crippen molar-refractivity contribution >= 4 is 29.9 Å². The van der Waals surface area contributed by atoms with Crippen molar-refractivity contribution in [3.63, 3.8) is 0 Å². The Labute approximate surface area is 162 Å². The molecule has 1 rings (SSSR count). The highest BCUT2D eigenvalue weighted by molar-refractivity contribution is 14.0. The van der Waals surface area contributed by atoms with Crippen LogP contribution in [0.25, 0.3) is 0 Å². The number of hydrogen-bond acceptors (Lipinski definition) is 3. The highest BCUT2D eigenvalue weighted by Crippen LogP contribution is 1.98. The minimum atomic E-state index is 0. The Bertz CT molecular complexity index is 532. The molecule has 0 saturated heterocycles. The molecule has 1 heterocycles. The van der Waals surface area contributed by atoms with Crippen LogP contribution >= 0.6 is 24.0 Å². The Balaban J connectivity index is 0.00000529. The van der Waals surface area contributed by atoms with Crippen molar-refractivity contribution in [1.29, 1.82) is 0 Å². The van der Waals surface area contributed by atoms with Crippen LogP contribution in [0.1, 0.15) is 32.4 Å². The van der Waals surface area contributed by atoms with E-state index < -0.39 is 0 Å². The number of rotatable bonds is 10. The Hall–Kier alpha value is -1.09. The monoisotopic (exact) mass is 450 g/mol. The first kappa shape index (κ1) is 22.9. The predicted octanol–water partition coefficient (Wildman–Crippen LogP) is 2.15. The average Bonchev–Trinajstić information content (AvgIpc) is 2.53. The summed E-state index contributed by atoms with van der Waals surface area (Å²) in [6, 6.07) is 5.37. The van der Waals surface area contributed by atoms with Crippen LogP contribution in [-0.2, 0) is 11.3 Å². The topological polar surface area (TPSA) is 67.7 Å². The Morgan fingerprint density at radius 3 is 2.71 bits per heavy atom. The van der Waals surface area contributed by atoms with Gasteiger partial charge < -0.3 is 19.9 Å². The van der Waals surface area contributed by atoms with Crippen LogP contribution in [0.4, 0.5) is 0 Å². The van der Waals surface area contributed by atoms with Crippen molar-refractivity contribution in [2.75, 3.05) is 32.8 Å². The highest BCUT2D eigenvalue weighted by atomic mass is 127.